The zero-order valence-corrected chi connectivity index (χ0v) is 15.4. The number of nitro groups is 1. The van der Waals surface area contributed by atoms with Crippen molar-refractivity contribution in [2.45, 2.75) is 9.10 Å². The Morgan fingerprint density at radius 1 is 1.46 bits per heavy atom. The molecule has 0 saturated carbocycles. The van der Waals surface area contributed by atoms with E-state index in [4.69, 9.17) is 27.9 Å². The number of halogens is 2. The Bertz CT molecular complexity index is 749. The van der Waals surface area contributed by atoms with E-state index in [0.717, 1.165) is 23.1 Å². The van der Waals surface area contributed by atoms with Gasteiger partial charge in [-0.1, -0.05) is 35.0 Å². The van der Waals surface area contributed by atoms with E-state index in [9.17, 15) is 14.9 Å². The Labute approximate surface area is 155 Å². The van der Waals surface area contributed by atoms with Gasteiger partial charge in [-0.05, 0) is 0 Å². The van der Waals surface area contributed by atoms with Gasteiger partial charge in [0.2, 0.25) is 0 Å². The number of hydrogen-bond donors (Lipinski definition) is 1. The molecular weight excluding hydrogens is 397 g/mol. The summed E-state index contributed by atoms with van der Waals surface area (Å²) in [5, 5.41) is 14.4. The Hall–Kier alpha value is -1.39. The first-order valence-corrected chi connectivity index (χ1v) is 8.85. The number of nitrogens with one attached hydrogen (secondary N) is 1. The summed E-state index contributed by atoms with van der Waals surface area (Å²) in [6.45, 7) is 0.661. The van der Waals surface area contributed by atoms with Crippen molar-refractivity contribution in [2.75, 3.05) is 20.3 Å². The highest BCUT2D eigenvalue weighted by Crippen LogP contribution is 2.45. The molecule has 2 heterocycles. The molecule has 2 aromatic rings. The number of aromatic nitrogens is 1. The van der Waals surface area contributed by atoms with E-state index in [1.54, 1.807) is 0 Å². The van der Waals surface area contributed by atoms with E-state index in [1.165, 1.54) is 25.6 Å². The number of rotatable bonds is 7. The molecule has 0 aliphatic rings. The van der Waals surface area contributed by atoms with Crippen molar-refractivity contribution in [1.82, 2.24) is 10.3 Å². The van der Waals surface area contributed by atoms with Crippen molar-refractivity contribution in [2.24, 2.45) is 0 Å². The molecule has 0 aromatic carbocycles. The monoisotopic (exact) mass is 407 g/mol. The third-order valence-corrected chi connectivity index (χ3v) is 5.95. The Morgan fingerprint density at radius 3 is 2.71 bits per heavy atom. The Balaban J connectivity index is 2.29. The maximum Gasteiger partial charge on any atom is 0.294 e. The highest BCUT2D eigenvalue weighted by Gasteiger charge is 2.24. The lowest BCUT2D eigenvalue weighted by Gasteiger charge is -2.03. The number of ether oxygens (including phenoxy) is 1. The molecule has 2 aromatic heterocycles. The number of thiophene rings is 1. The lowest BCUT2D eigenvalue weighted by molar-refractivity contribution is -0.387. The van der Waals surface area contributed by atoms with Gasteiger partial charge in [-0.15, -0.1) is 11.3 Å². The van der Waals surface area contributed by atoms with E-state index in [0.29, 0.717) is 22.3 Å². The molecule has 128 valence electrons. The molecule has 0 aliphatic carbocycles. The first kappa shape index (κ1) is 18.9. The summed E-state index contributed by atoms with van der Waals surface area (Å²) >= 11 is 14.1. The lowest BCUT2D eigenvalue weighted by atomic mass is 10.4. The van der Waals surface area contributed by atoms with E-state index in [-0.39, 0.29) is 20.6 Å². The molecule has 0 bridgehead atoms. The van der Waals surface area contributed by atoms with Crippen LogP contribution in [-0.4, -0.2) is 36.1 Å². The number of methoxy groups -OCH3 is 1. The molecular formula is C13H11Cl2N3O4S2. The largest absolute Gasteiger partial charge is 0.383 e. The van der Waals surface area contributed by atoms with Crippen LogP contribution in [0.1, 0.15) is 9.67 Å². The molecule has 11 heteroatoms. The van der Waals surface area contributed by atoms with Crippen LogP contribution in [0.25, 0.3) is 0 Å². The summed E-state index contributed by atoms with van der Waals surface area (Å²) in [6.07, 6.45) is 2.79. The summed E-state index contributed by atoms with van der Waals surface area (Å²) < 4.78 is 5.15. The number of pyridine rings is 1. The van der Waals surface area contributed by atoms with Gasteiger partial charge < -0.3 is 10.1 Å². The highest BCUT2D eigenvalue weighted by molar-refractivity contribution is 8.01. The minimum absolute atomic E-state index is 0.175. The zero-order valence-electron chi connectivity index (χ0n) is 12.2. The number of amides is 1. The van der Waals surface area contributed by atoms with Gasteiger partial charge >= 0.3 is 0 Å². The van der Waals surface area contributed by atoms with Crippen LogP contribution in [0, 0.1) is 10.1 Å². The summed E-state index contributed by atoms with van der Waals surface area (Å²) in [5.74, 6) is -0.404. The molecule has 1 N–H and O–H groups in total. The molecule has 7 nitrogen and oxygen atoms in total. The second-order valence-electron chi connectivity index (χ2n) is 4.32. The minimum atomic E-state index is -0.548. The molecule has 0 fully saturated rings. The van der Waals surface area contributed by atoms with Crippen LogP contribution in [0.3, 0.4) is 0 Å². The third kappa shape index (κ3) is 4.58. The van der Waals surface area contributed by atoms with Crippen LogP contribution in [-0.2, 0) is 4.74 Å². The number of carbonyl (C=O) groups excluding carboxylic acids is 1. The van der Waals surface area contributed by atoms with Crippen molar-refractivity contribution in [1.29, 1.82) is 0 Å². The van der Waals surface area contributed by atoms with Crippen LogP contribution in [0.5, 0.6) is 0 Å². The van der Waals surface area contributed by atoms with E-state index < -0.39 is 10.8 Å². The molecule has 0 aliphatic heterocycles. The number of carbonyl (C=O) groups is 1. The van der Waals surface area contributed by atoms with Gasteiger partial charge in [-0.25, -0.2) is 0 Å². The van der Waals surface area contributed by atoms with Crippen molar-refractivity contribution < 1.29 is 14.5 Å². The summed E-state index contributed by atoms with van der Waals surface area (Å²) in [7, 11) is 1.51. The Kier molecular flexibility index (Phi) is 6.81. The fourth-order valence-corrected chi connectivity index (χ4v) is 4.40. The van der Waals surface area contributed by atoms with Gasteiger partial charge in [-0.2, -0.15) is 0 Å². The molecule has 2 rings (SSSR count). The van der Waals surface area contributed by atoms with Gasteiger partial charge in [0.05, 0.1) is 26.5 Å². The minimum Gasteiger partial charge on any atom is -0.383 e. The van der Waals surface area contributed by atoms with Crippen LogP contribution in [0.15, 0.2) is 27.6 Å². The maximum atomic E-state index is 12.0. The summed E-state index contributed by atoms with van der Waals surface area (Å²) in [5.41, 5.74) is -0.175. The van der Waals surface area contributed by atoms with Gasteiger partial charge in [0.1, 0.15) is 9.09 Å². The van der Waals surface area contributed by atoms with Gasteiger partial charge in [0, 0.05) is 32.1 Å². The third-order valence-electron chi connectivity index (χ3n) is 2.70. The van der Waals surface area contributed by atoms with Gasteiger partial charge in [0.25, 0.3) is 11.6 Å². The van der Waals surface area contributed by atoms with Crippen molar-refractivity contribution in [3.05, 3.63) is 43.5 Å². The number of nitrogens with zero attached hydrogens (tertiary/aromatic N) is 2. The van der Waals surface area contributed by atoms with Crippen molar-refractivity contribution >= 4 is 57.9 Å². The topological polar surface area (TPSA) is 94.4 Å². The Morgan fingerprint density at radius 2 is 2.12 bits per heavy atom. The smallest absolute Gasteiger partial charge is 0.294 e. The quantitative estimate of drug-likeness (QED) is 0.425. The van der Waals surface area contributed by atoms with Gasteiger partial charge in [-0.3, -0.25) is 19.9 Å². The molecule has 0 atom stereocenters. The maximum absolute atomic E-state index is 12.0. The fourth-order valence-electron chi connectivity index (χ4n) is 1.62. The standard InChI is InChI=1S/C13H11Cl2N3O4S2/c1-22-3-2-17-12(19)10-4-9(18(20)21)13(23-10)24-11-7(14)5-16-6-8(11)15/h4-6H,2-3H2,1H3,(H,17,19). The zero-order chi connectivity index (χ0) is 17.7. The van der Waals surface area contributed by atoms with Crippen LogP contribution < -0.4 is 5.32 Å². The first-order chi connectivity index (χ1) is 11.4. The predicted octanol–water partition coefficient (Wildman–Crippen LogP) is 3.89. The highest BCUT2D eigenvalue weighted by atomic mass is 35.5. The van der Waals surface area contributed by atoms with E-state index in [2.05, 4.69) is 10.3 Å². The molecule has 0 unspecified atom stereocenters. The van der Waals surface area contributed by atoms with Crippen molar-refractivity contribution in [3.8, 4) is 0 Å². The molecule has 0 spiro atoms. The molecule has 0 radical (unpaired) electrons. The van der Waals surface area contributed by atoms with Crippen LogP contribution in [0.4, 0.5) is 5.69 Å². The van der Waals surface area contributed by atoms with Crippen LogP contribution in [0.2, 0.25) is 10.0 Å². The molecule has 1 amide bonds. The molecule has 24 heavy (non-hydrogen) atoms. The average Bonchev–Trinajstić information content (AvgIpc) is 2.95. The first-order valence-electron chi connectivity index (χ1n) is 6.46. The number of hydrogen-bond acceptors (Lipinski definition) is 7. The van der Waals surface area contributed by atoms with E-state index in [1.807, 2.05) is 0 Å². The second kappa shape index (κ2) is 8.63. The lowest BCUT2D eigenvalue weighted by Crippen LogP contribution is -2.26. The van der Waals surface area contributed by atoms with E-state index >= 15 is 0 Å². The van der Waals surface area contributed by atoms with Crippen LogP contribution >= 0.6 is 46.3 Å². The summed E-state index contributed by atoms with van der Waals surface area (Å²) in [6, 6.07) is 1.23. The second-order valence-corrected chi connectivity index (χ2v) is 7.47. The van der Waals surface area contributed by atoms with Crippen molar-refractivity contribution in [3.63, 3.8) is 0 Å². The van der Waals surface area contributed by atoms with Gasteiger partial charge in [0.15, 0.2) is 0 Å². The predicted molar refractivity (Wildman–Crippen MR) is 93.6 cm³/mol. The summed E-state index contributed by atoms with van der Waals surface area (Å²) in [4.78, 5) is 27.3. The molecule has 0 saturated heterocycles. The average molecular weight is 408 g/mol. The fraction of sp³-hybridized carbons (Fsp3) is 0.231. The normalized spacial score (nSPS) is 10.6. The SMILES string of the molecule is COCCNC(=O)c1cc([N+](=O)[O-])c(Sc2c(Cl)cncc2Cl)s1.